The van der Waals surface area contributed by atoms with Gasteiger partial charge in [-0.2, -0.15) is 0 Å². The first kappa shape index (κ1) is 25.3. The third kappa shape index (κ3) is 6.37. The zero-order valence-corrected chi connectivity index (χ0v) is 23.2. The molecule has 0 fully saturated rings. The van der Waals surface area contributed by atoms with Gasteiger partial charge in [-0.1, -0.05) is 123 Å². The number of hydrogen-bond donors (Lipinski definition) is 0. The molecule has 0 saturated heterocycles. The van der Waals surface area contributed by atoms with E-state index < -0.39 is 8.32 Å². The lowest BCUT2D eigenvalue weighted by Crippen LogP contribution is -2.66. The summed E-state index contributed by atoms with van der Waals surface area (Å²) in [4.78, 5) is 0. The van der Waals surface area contributed by atoms with Gasteiger partial charge in [0.05, 0.1) is 15.6 Å². The fourth-order valence-corrected chi connectivity index (χ4v) is 8.65. The summed E-state index contributed by atoms with van der Waals surface area (Å²) in [6.45, 7) is 7.10. The second-order valence-electron chi connectivity index (χ2n) is 8.51. The van der Waals surface area contributed by atoms with E-state index in [1.807, 2.05) is 42.5 Å². The first-order valence-corrected chi connectivity index (χ1v) is 14.2. The summed E-state index contributed by atoms with van der Waals surface area (Å²) in [6.07, 6.45) is 0. The molecule has 3 aromatic carbocycles. The van der Waals surface area contributed by atoms with Crippen molar-refractivity contribution in [1.82, 2.24) is 0 Å². The Bertz CT molecular complexity index is 1160. The number of hydrogen-bond acceptors (Lipinski definition) is 1. The minimum Gasteiger partial charge on any atom is -0.396 e. The van der Waals surface area contributed by atoms with Gasteiger partial charge >= 0.3 is 0 Å². The molecular weight excluding hydrogens is 552 g/mol. The minimum atomic E-state index is -2.60. The Morgan fingerprint density at radius 1 is 0.758 bits per heavy atom. The monoisotopic (exact) mass is 576 g/mol. The molecule has 0 atom stereocenters. The van der Waals surface area contributed by atoms with Crippen molar-refractivity contribution < 1.29 is 4.43 Å². The van der Waals surface area contributed by atoms with Crippen molar-refractivity contribution in [3.8, 4) is 23.7 Å². The maximum Gasteiger partial charge on any atom is 0.262 e. The van der Waals surface area contributed by atoms with Crippen LogP contribution >= 0.6 is 31.9 Å². The van der Waals surface area contributed by atoms with E-state index in [0.717, 1.165) is 8.96 Å². The van der Waals surface area contributed by atoms with E-state index in [1.54, 1.807) is 0 Å². The van der Waals surface area contributed by atoms with Gasteiger partial charge in [0.25, 0.3) is 8.32 Å². The number of allylic oxidation sites excluding steroid dienone is 1. The molecule has 166 valence electrons. The quantitative estimate of drug-likeness (QED) is 0.250. The molecule has 0 bridgehead atoms. The van der Waals surface area contributed by atoms with E-state index in [0.29, 0.717) is 12.2 Å². The van der Waals surface area contributed by atoms with Crippen LogP contribution in [0.25, 0.3) is 0 Å². The maximum atomic E-state index is 6.82. The topological polar surface area (TPSA) is 9.23 Å². The molecule has 1 nitrogen and oxygen atoms in total. The highest BCUT2D eigenvalue weighted by atomic mass is 79.9. The molecule has 0 saturated carbocycles. The second kappa shape index (κ2) is 11.7. The third-order valence-electron chi connectivity index (χ3n) is 5.29. The molecule has 0 aliphatic carbocycles. The van der Waals surface area contributed by atoms with Gasteiger partial charge in [0.15, 0.2) is 0 Å². The molecule has 0 unspecified atom stereocenters. The Morgan fingerprint density at radius 3 is 1.70 bits per heavy atom. The summed E-state index contributed by atoms with van der Waals surface area (Å²) in [5.41, 5.74) is 1.63. The smallest absolute Gasteiger partial charge is 0.262 e. The average Bonchev–Trinajstić information content (AvgIpc) is 2.82. The lowest BCUT2D eigenvalue weighted by Gasteiger charge is -2.42. The van der Waals surface area contributed by atoms with Crippen LogP contribution in [0.4, 0.5) is 0 Å². The van der Waals surface area contributed by atoms with E-state index in [4.69, 9.17) is 4.43 Å². The van der Waals surface area contributed by atoms with Gasteiger partial charge in [-0.15, -0.1) is 0 Å². The van der Waals surface area contributed by atoms with Gasteiger partial charge in [-0.3, -0.25) is 0 Å². The highest BCUT2D eigenvalue weighted by Crippen LogP contribution is 2.36. The molecule has 0 aliphatic heterocycles. The first-order chi connectivity index (χ1) is 15.8. The molecule has 3 rings (SSSR count). The molecule has 3 aromatic rings. The summed E-state index contributed by atoms with van der Waals surface area (Å²) in [5.74, 6) is 12.7. The van der Waals surface area contributed by atoms with E-state index in [9.17, 15) is 0 Å². The zero-order valence-electron chi connectivity index (χ0n) is 19.0. The molecule has 0 N–H and O–H groups in total. The minimum absolute atomic E-state index is 0.0841. The van der Waals surface area contributed by atoms with Crippen molar-refractivity contribution in [3.05, 3.63) is 106 Å². The van der Waals surface area contributed by atoms with E-state index in [2.05, 4.69) is 125 Å². The number of halogens is 2. The Kier molecular flexibility index (Phi) is 8.95. The molecule has 33 heavy (non-hydrogen) atoms. The van der Waals surface area contributed by atoms with Crippen LogP contribution in [0, 0.1) is 23.7 Å². The van der Waals surface area contributed by atoms with Gasteiger partial charge in [-0.25, -0.2) is 0 Å². The molecule has 0 radical (unpaired) electrons. The van der Waals surface area contributed by atoms with Crippen molar-refractivity contribution >= 4 is 50.6 Å². The predicted octanol–water partition coefficient (Wildman–Crippen LogP) is 6.62. The van der Waals surface area contributed by atoms with Crippen molar-refractivity contribution in [1.29, 1.82) is 0 Å². The Balaban J connectivity index is 1.94. The molecule has 0 aromatic heterocycles. The van der Waals surface area contributed by atoms with Crippen molar-refractivity contribution in [2.75, 3.05) is 6.61 Å². The number of rotatable bonds is 4. The van der Waals surface area contributed by atoms with Crippen LogP contribution in [0.5, 0.6) is 0 Å². The molecule has 0 spiro atoms. The molecule has 0 amide bonds. The van der Waals surface area contributed by atoms with Gasteiger partial charge in [0.1, 0.15) is 0 Å². The van der Waals surface area contributed by atoms with E-state index in [-0.39, 0.29) is 5.04 Å². The van der Waals surface area contributed by atoms with Crippen molar-refractivity contribution in [2.45, 2.75) is 25.8 Å². The summed E-state index contributed by atoms with van der Waals surface area (Å²) in [5, 5.41) is 2.40. The van der Waals surface area contributed by atoms with Gasteiger partial charge in [0.2, 0.25) is 0 Å². The SMILES string of the molecule is CC(C)(C)[Si](OCC#CC(C#Cc1ccccc1)=C(Br)Br)(c1ccccc1)c1ccccc1. The Morgan fingerprint density at radius 2 is 1.24 bits per heavy atom. The van der Waals surface area contributed by atoms with Gasteiger partial charge in [0, 0.05) is 5.56 Å². The lowest BCUT2D eigenvalue weighted by molar-refractivity contribution is 0.346. The normalized spacial score (nSPS) is 10.9. The highest BCUT2D eigenvalue weighted by molar-refractivity contribution is 9.28. The second-order valence-corrected chi connectivity index (χ2v) is 15.5. The van der Waals surface area contributed by atoms with E-state index >= 15 is 0 Å². The Hall–Kier alpha value is -2.34. The zero-order chi connectivity index (χ0) is 23.7. The fourth-order valence-electron chi connectivity index (χ4n) is 3.81. The summed E-state index contributed by atoms with van der Waals surface area (Å²) < 4.78 is 7.56. The molecular formula is C29H26Br2OSi. The Labute approximate surface area is 215 Å². The van der Waals surface area contributed by atoms with Crippen LogP contribution in [0.15, 0.2) is 100.0 Å². The van der Waals surface area contributed by atoms with Crippen LogP contribution in [-0.4, -0.2) is 14.9 Å². The number of benzene rings is 3. The maximum absolute atomic E-state index is 6.82. The van der Waals surface area contributed by atoms with Crippen LogP contribution < -0.4 is 10.4 Å². The first-order valence-electron chi connectivity index (χ1n) is 10.7. The summed E-state index contributed by atoms with van der Waals surface area (Å²) in [7, 11) is -2.60. The van der Waals surface area contributed by atoms with Gasteiger partial charge in [-0.05, 0) is 59.4 Å². The van der Waals surface area contributed by atoms with Crippen LogP contribution in [0.1, 0.15) is 26.3 Å². The predicted molar refractivity (Wildman–Crippen MR) is 150 cm³/mol. The van der Waals surface area contributed by atoms with Crippen LogP contribution in [0.2, 0.25) is 5.04 Å². The van der Waals surface area contributed by atoms with Crippen LogP contribution in [-0.2, 0) is 4.43 Å². The average molecular weight is 578 g/mol. The highest BCUT2D eigenvalue weighted by Gasteiger charge is 2.49. The van der Waals surface area contributed by atoms with Crippen LogP contribution in [0.3, 0.4) is 0 Å². The standard InChI is InChI=1S/C29H26Br2OSi/c1-29(2,3)33(26-17-9-5-10-18-26,27-19-11-6-12-20-27)32-23-13-16-25(28(30)31)22-21-24-14-7-4-8-15-24/h4-12,14-15,17-20H,23H2,1-3H3. The van der Waals surface area contributed by atoms with Crippen molar-refractivity contribution in [3.63, 3.8) is 0 Å². The van der Waals surface area contributed by atoms with Crippen molar-refractivity contribution in [2.24, 2.45) is 0 Å². The molecule has 0 aliphatic rings. The summed E-state index contributed by atoms with van der Waals surface area (Å²) >= 11 is 6.94. The fraction of sp³-hybridized carbons (Fsp3) is 0.172. The largest absolute Gasteiger partial charge is 0.396 e. The lowest BCUT2D eigenvalue weighted by atomic mass is 10.2. The molecule has 4 heteroatoms. The van der Waals surface area contributed by atoms with Gasteiger partial charge < -0.3 is 4.43 Å². The third-order valence-corrected chi connectivity index (χ3v) is 11.1. The van der Waals surface area contributed by atoms with E-state index in [1.165, 1.54) is 10.4 Å². The summed E-state index contributed by atoms with van der Waals surface area (Å²) in [6, 6.07) is 31.1. The molecule has 0 heterocycles.